The first-order chi connectivity index (χ1) is 7.18. The summed E-state index contributed by atoms with van der Waals surface area (Å²) in [7, 11) is 0. The van der Waals surface area contributed by atoms with Gasteiger partial charge in [-0.1, -0.05) is 6.07 Å². The highest BCUT2D eigenvalue weighted by atomic mass is 19.1. The first-order valence-corrected chi connectivity index (χ1v) is 4.96. The van der Waals surface area contributed by atoms with Gasteiger partial charge in [0.05, 0.1) is 25.4 Å². The van der Waals surface area contributed by atoms with E-state index in [1.807, 2.05) is 0 Å². The van der Waals surface area contributed by atoms with Crippen molar-refractivity contribution >= 4 is 5.69 Å². The molecule has 82 valence electrons. The second-order valence-corrected chi connectivity index (χ2v) is 3.77. The van der Waals surface area contributed by atoms with Crippen molar-refractivity contribution < 1.29 is 14.2 Å². The highest BCUT2D eigenvalue weighted by Gasteiger charge is 2.26. The minimum atomic E-state index is -0.521. The number of rotatable bonds is 2. The van der Waals surface area contributed by atoms with Crippen molar-refractivity contribution in [3.8, 4) is 0 Å². The van der Waals surface area contributed by atoms with Gasteiger partial charge in [-0.25, -0.2) is 4.39 Å². The van der Waals surface area contributed by atoms with Crippen LogP contribution in [0.3, 0.4) is 0 Å². The van der Waals surface area contributed by atoms with Crippen molar-refractivity contribution in [2.24, 2.45) is 0 Å². The number of anilines is 1. The molecule has 4 heteroatoms. The first kappa shape index (κ1) is 10.4. The SMILES string of the molecule is Cc1c(F)cccc1NC1COCC1O. The fraction of sp³-hybridized carbons (Fsp3) is 0.455. The van der Waals surface area contributed by atoms with Gasteiger partial charge in [-0.15, -0.1) is 0 Å². The summed E-state index contributed by atoms with van der Waals surface area (Å²) in [5.41, 5.74) is 1.28. The fourth-order valence-corrected chi connectivity index (χ4v) is 1.64. The molecular formula is C11H14FNO2. The summed E-state index contributed by atoms with van der Waals surface area (Å²) in [5, 5.41) is 12.6. The van der Waals surface area contributed by atoms with E-state index in [1.54, 1.807) is 19.1 Å². The van der Waals surface area contributed by atoms with Crippen LogP contribution in [0.2, 0.25) is 0 Å². The molecule has 1 saturated heterocycles. The zero-order valence-corrected chi connectivity index (χ0v) is 8.53. The van der Waals surface area contributed by atoms with Crippen LogP contribution in [0.25, 0.3) is 0 Å². The summed E-state index contributed by atoms with van der Waals surface area (Å²) in [6, 6.07) is 4.71. The molecule has 1 aromatic rings. The van der Waals surface area contributed by atoms with E-state index in [0.717, 1.165) is 0 Å². The number of aliphatic hydroxyl groups excluding tert-OH is 1. The third kappa shape index (κ3) is 2.11. The van der Waals surface area contributed by atoms with Crippen molar-refractivity contribution in [3.05, 3.63) is 29.6 Å². The Balaban J connectivity index is 2.13. The van der Waals surface area contributed by atoms with Crippen molar-refractivity contribution in [1.29, 1.82) is 0 Å². The Kier molecular flexibility index (Phi) is 2.88. The molecule has 0 radical (unpaired) electrons. The topological polar surface area (TPSA) is 41.5 Å². The van der Waals surface area contributed by atoms with Gasteiger partial charge < -0.3 is 15.2 Å². The Morgan fingerprint density at radius 2 is 2.27 bits per heavy atom. The van der Waals surface area contributed by atoms with Gasteiger partial charge in [0.1, 0.15) is 5.82 Å². The number of ether oxygens (including phenoxy) is 1. The molecular weight excluding hydrogens is 197 g/mol. The molecule has 1 aliphatic rings. The lowest BCUT2D eigenvalue weighted by atomic mass is 10.1. The molecule has 0 spiro atoms. The molecule has 1 aliphatic heterocycles. The van der Waals surface area contributed by atoms with E-state index in [1.165, 1.54) is 6.07 Å². The fourth-order valence-electron chi connectivity index (χ4n) is 1.64. The molecule has 2 N–H and O–H groups in total. The Morgan fingerprint density at radius 1 is 1.47 bits per heavy atom. The lowest BCUT2D eigenvalue weighted by Gasteiger charge is -2.17. The number of halogens is 1. The highest BCUT2D eigenvalue weighted by molar-refractivity contribution is 5.52. The maximum absolute atomic E-state index is 13.2. The quantitative estimate of drug-likeness (QED) is 0.775. The summed E-state index contributed by atoms with van der Waals surface area (Å²) in [5.74, 6) is -0.242. The van der Waals surface area contributed by atoms with E-state index < -0.39 is 6.10 Å². The van der Waals surface area contributed by atoms with Crippen LogP contribution in [0.1, 0.15) is 5.56 Å². The minimum absolute atomic E-state index is 0.148. The van der Waals surface area contributed by atoms with Gasteiger partial charge in [0, 0.05) is 11.3 Å². The van der Waals surface area contributed by atoms with Crippen LogP contribution >= 0.6 is 0 Å². The summed E-state index contributed by atoms with van der Waals surface area (Å²) in [4.78, 5) is 0. The second-order valence-electron chi connectivity index (χ2n) is 3.77. The smallest absolute Gasteiger partial charge is 0.128 e. The van der Waals surface area contributed by atoms with Crippen LogP contribution in [0.15, 0.2) is 18.2 Å². The molecule has 2 atom stereocenters. The van der Waals surface area contributed by atoms with Gasteiger partial charge in [0.25, 0.3) is 0 Å². The third-order valence-electron chi connectivity index (χ3n) is 2.66. The van der Waals surface area contributed by atoms with E-state index in [2.05, 4.69) is 5.32 Å². The lowest BCUT2D eigenvalue weighted by Crippen LogP contribution is -2.32. The van der Waals surface area contributed by atoms with Crippen LogP contribution < -0.4 is 5.32 Å². The van der Waals surface area contributed by atoms with Gasteiger partial charge in [-0.2, -0.15) is 0 Å². The average molecular weight is 211 g/mol. The van der Waals surface area contributed by atoms with Crippen molar-refractivity contribution in [2.75, 3.05) is 18.5 Å². The summed E-state index contributed by atoms with van der Waals surface area (Å²) >= 11 is 0. The standard InChI is InChI=1S/C11H14FNO2/c1-7-8(12)3-2-4-9(7)13-10-5-15-6-11(10)14/h2-4,10-11,13-14H,5-6H2,1H3. The molecule has 0 bridgehead atoms. The van der Waals surface area contributed by atoms with Gasteiger partial charge in [-0.3, -0.25) is 0 Å². The maximum Gasteiger partial charge on any atom is 0.128 e. The van der Waals surface area contributed by atoms with Crippen molar-refractivity contribution in [3.63, 3.8) is 0 Å². The molecule has 1 aromatic carbocycles. The van der Waals surface area contributed by atoms with Crippen molar-refractivity contribution in [1.82, 2.24) is 0 Å². The first-order valence-electron chi connectivity index (χ1n) is 4.96. The van der Waals surface area contributed by atoms with Gasteiger partial charge in [0.15, 0.2) is 0 Å². The summed E-state index contributed by atoms with van der Waals surface area (Å²) in [6.45, 7) is 2.50. The summed E-state index contributed by atoms with van der Waals surface area (Å²) < 4.78 is 18.3. The van der Waals surface area contributed by atoms with E-state index in [4.69, 9.17) is 4.74 Å². The van der Waals surface area contributed by atoms with Gasteiger partial charge >= 0.3 is 0 Å². The normalized spacial score (nSPS) is 25.5. The lowest BCUT2D eigenvalue weighted by molar-refractivity contribution is 0.125. The maximum atomic E-state index is 13.2. The number of nitrogens with one attached hydrogen (secondary N) is 1. The van der Waals surface area contributed by atoms with Crippen LogP contribution in [0.4, 0.5) is 10.1 Å². The monoisotopic (exact) mass is 211 g/mol. The summed E-state index contributed by atoms with van der Waals surface area (Å²) in [6.07, 6.45) is -0.521. The average Bonchev–Trinajstić information content (AvgIpc) is 2.60. The Morgan fingerprint density at radius 3 is 2.93 bits per heavy atom. The molecule has 15 heavy (non-hydrogen) atoms. The molecule has 2 rings (SSSR count). The second kappa shape index (κ2) is 4.16. The molecule has 1 fully saturated rings. The largest absolute Gasteiger partial charge is 0.388 e. The molecule has 2 unspecified atom stereocenters. The molecule has 3 nitrogen and oxygen atoms in total. The molecule has 0 aliphatic carbocycles. The Bertz CT molecular complexity index is 356. The molecule has 0 amide bonds. The van der Waals surface area contributed by atoms with Gasteiger partial charge in [0.2, 0.25) is 0 Å². The number of hydrogen-bond acceptors (Lipinski definition) is 3. The van der Waals surface area contributed by atoms with Crippen molar-refractivity contribution in [2.45, 2.75) is 19.1 Å². The number of benzene rings is 1. The molecule has 0 aromatic heterocycles. The van der Waals surface area contributed by atoms with Crippen LogP contribution in [-0.2, 0) is 4.74 Å². The molecule has 0 saturated carbocycles. The van der Waals surface area contributed by atoms with E-state index in [9.17, 15) is 9.50 Å². The van der Waals surface area contributed by atoms with Crippen LogP contribution in [-0.4, -0.2) is 30.5 Å². The Hall–Kier alpha value is -1.13. The Labute approximate surface area is 87.9 Å². The zero-order valence-electron chi connectivity index (χ0n) is 8.53. The number of hydrogen-bond donors (Lipinski definition) is 2. The number of aliphatic hydroxyl groups is 1. The minimum Gasteiger partial charge on any atom is -0.388 e. The third-order valence-corrected chi connectivity index (χ3v) is 2.66. The van der Waals surface area contributed by atoms with Crippen LogP contribution in [0, 0.1) is 12.7 Å². The highest BCUT2D eigenvalue weighted by Crippen LogP contribution is 2.20. The molecule has 1 heterocycles. The van der Waals surface area contributed by atoms with Crippen LogP contribution in [0.5, 0.6) is 0 Å². The predicted octanol–water partition coefficient (Wildman–Crippen LogP) is 1.31. The zero-order chi connectivity index (χ0) is 10.8. The predicted molar refractivity (Wildman–Crippen MR) is 55.4 cm³/mol. The van der Waals surface area contributed by atoms with Gasteiger partial charge in [-0.05, 0) is 19.1 Å². The van der Waals surface area contributed by atoms with E-state index in [-0.39, 0.29) is 11.9 Å². The van der Waals surface area contributed by atoms with E-state index >= 15 is 0 Å². The van der Waals surface area contributed by atoms with E-state index in [0.29, 0.717) is 24.5 Å².